The zero-order valence-electron chi connectivity index (χ0n) is 9.89. The Balaban J connectivity index is 2.45. The summed E-state index contributed by atoms with van der Waals surface area (Å²) in [5.41, 5.74) is 6.24. The third kappa shape index (κ3) is 2.34. The zero-order valence-corrected chi connectivity index (χ0v) is 9.89. The Morgan fingerprint density at radius 2 is 2.24 bits per heavy atom. The number of nitrogens with two attached hydrogens (primary N) is 1. The summed E-state index contributed by atoms with van der Waals surface area (Å²) in [6, 6.07) is 7.67. The molecule has 2 rings (SSSR count). The highest BCUT2D eigenvalue weighted by molar-refractivity contribution is 6.08. The van der Waals surface area contributed by atoms with Gasteiger partial charge in [0.1, 0.15) is 0 Å². The van der Waals surface area contributed by atoms with Gasteiger partial charge in [-0.15, -0.1) is 0 Å². The van der Waals surface area contributed by atoms with Gasteiger partial charge in [-0.05, 0) is 24.4 Å². The third-order valence-electron chi connectivity index (χ3n) is 3.00. The lowest BCUT2D eigenvalue weighted by Gasteiger charge is -2.10. The van der Waals surface area contributed by atoms with Crippen LogP contribution >= 0.6 is 0 Å². The van der Waals surface area contributed by atoms with Gasteiger partial charge in [-0.25, -0.2) is 0 Å². The van der Waals surface area contributed by atoms with Crippen molar-refractivity contribution in [3.05, 3.63) is 42.2 Å². The van der Waals surface area contributed by atoms with E-state index in [4.69, 9.17) is 5.73 Å². The largest absolute Gasteiger partial charge is 0.330 e. The second-order valence-electron chi connectivity index (χ2n) is 4.25. The number of aromatic nitrogens is 1. The van der Waals surface area contributed by atoms with Gasteiger partial charge in [0.15, 0.2) is 5.78 Å². The zero-order chi connectivity index (χ0) is 12.3. The van der Waals surface area contributed by atoms with Crippen LogP contribution in [0.2, 0.25) is 0 Å². The normalized spacial score (nSPS) is 12.6. The first-order chi connectivity index (χ1) is 8.24. The molecule has 0 aliphatic heterocycles. The fourth-order valence-electron chi connectivity index (χ4n) is 1.97. The quantitative estimate of drug-likeness (QED) is 0.817. The number of benzene rings is 1. The van der Waals surface area contributed by atoms with Crippen molar-refractivity contribution in [1.82, 2.24) is 4.98 Å². The minimum Gasteiger partial charge on any atom is -0.330 e. The number of hydrogen-bond acceptors (Lipinski definition) is 3. The minimum atomic E-state index is -0.0363. The van der Waals surface area contributed by atoms with Crippen LogP contribution < -0.4 is 5.73 Å². The fraction of sp³-hybridized carbons (Fsp3) is 0.286. The molecule has 1 aromatic heterocycles. The molecule has 0 aliphatic rings. The first-order valence-electron chi connectivity index (χ1n) is 5.81. The Labute approximate surface area is 101 Å². The van der Waals surface area contributed by atoms with Crippen molar-refractivity contribution in [2.24, 2.45) is 11.7 Å². The van der Waals surface area contributed by atoms with Crippen molar-refractivity contribution in [1.29, 1.82) is 0 Å². The molecule has 0 radical (unpaired) electrons. The van der Waals surface area contributed by atoms with Crippen LogP contribution in [0.15, 0.2) is 36.7 Å². The monoisotopic (exact) mass is 228 g/mol. The van der Waals surface area contributed by atoms with E-state index in [1.165, 1.54) is 0 Å². The number of nitrogens with zero attached hydrogens (tertiary/aromatic N) is 1. The van der Waals surface area contributed by atoms with E-state index < -0.39 is 0 Å². The van der Waals surface area contributed by atoms with Gasteiger partial charge in [0.2, 0.25) is 0 Å². The van der Waals surface area contributed by atoms with Crippen molar-refractivity contribution >= 4 is 16.6 Å². The van der Waals surface area contributed by atoms with Crippen molar-refractivity contribution in [3.63, 3.8) is 0 Å². The maximum Gasteiger partial charge on any atom is 0.166 e. The highest BCUT2D eigenvalue weighted by atomic mass is 16.1. The van der Waals surface area contributed by atoms with E-state index in [2.05, 4.69) is 4.98 Å². The van der Waals surface area contributed by atoms with E-state index in [1.807, 2.05) is 31.2 Å². The lowest BCUT2D eigenvalue weighted by atomic mass is 9.93. The molecule has 3 nitrogen and oxygen atoms in total. The van der Waals surface area contributed by atoms with Crippen LogP contribution in [0.5, 0.6) is 0 Å². The van der Waals surface area contributed by atoms with Crippen molar-refractivity contribution < 1.29 is 4.79 Å². The molecule has 0 saturated heterocycles. The van der Waals surface area contributed by atoms with E-state index in [9.17, 15) is 4.79 Å². The summed E-state index contributed by atoms with van der Waals surface area (Å²) in [5, 5.41) is 1.97. The van der Waals surface area contributed by atoms with Crippen LogP contribution in [0.4, 0.5) is 0 Å². The lowest BCUT2D eigenvalue weighted by molar-refractivity contribution is 0.0927. The number of Topliss-reactive ketones (excluding diaryl/α,β-unsaturated/α-hetero) is 1. The molecule has 88 valence electrons. The maximum absolute atomic E-state index is 12.3. The molecular weight excluding hydrogens is 212 g/mol. The van der Waals surface area contributed by atoms with Crippen LogP contribution in [0, 0.1) is 5.92 Å². The van der Waals surface area contributed by atoms with Crippen molar-refractivity contribution in [2.75, 3.05) is 6.54 Å². The summed E-state index contributed by atoms with van der Waals surface area (Å²) in [6.45, 7) is 2.46. The van der Waals surface area contributed by atoms with Crippen LogP contribution in [-0.4, -0.2) is 17.3 Å². The van der Waals surface area contributed by atoms with Crippen molar-refractivity contribution in [3.8, 4) is 0 Å². The molecule has 1 heterocycles. The highest BCUT2D eigenvalue weighted by Gasteiger charge is 2.16. The molecule has 1 unspecified atom stereocenters. The summed E-state index contributed by atoms with van der Waals surface area (Å²) in [5.74, 6) is 0.111. The Kier molecular flexibility index (Phi) is 3.49. The third-order valence-corrected chi connectivity index (χ3v) is 3.00. The van der Waals surface area contributed by atoms with Gasteiger partial charge in [-0.1, -0.05) is 25.1 Å². The topological polar surface area (TPSA) is 56.0 Å². The molecule has 0 fully saturated rings. The second kappa shape index (κ2) is 5.06. The SMILES string of the molecule is CC(CCN)C(=O)c1cccc2ccncc12. The van der Waals surface area contributed by atoms with Crippen LogP contribution in [0.25, 0.3) is 10.8 Å². The van der Waals surface area contributed by atoms with Gasteiger partial charge in [-0.3, -0.25) is 9.78 Å². The Bertz CT molecular complexity index is 531. The lowest BCUT2D eigenvalue weighted by Crippen LogP contribution is -2.16. The van der Waals surface area contributed by atoms with Crippen molar-refractivity contribution in [2.45, 2.75) is 13.3 Å². The van der Waals surface area contributed by atoms with Gasteiger partial charge in [0.25, 0.3) is 0 Å². The molecule has 0 bridgehead atoms. The molecule has 0 spiro atoms. The standard InChI is InChI=1S/C14H16N2O/c1-10(5-7-15)14(17)12-4-2-3-11-6-8-16-9-13(11)12/h2-4,6,8-10H,5,7,15H2,1H3. The predicted molar refractivity (Wildman–Crippen MR) is 68.9 cm³/mol. The number of rotatable bonds is 4. The van der Waals surface area contributed by atoms with Gasteiger partial charge < -0.3 is 5.73 Å². The first-order valence-corrected chi connectivity index (χ1v) is 5.81. The summed E-state index contributed by atoms with van der Waals surface area (Å²) < 4.78 is 0. The molecular formula is C14H16N2O. The van der Waals surface area contributed by atoms with Gasteiger partial charge in [-0.2, -0.15) is 0 Å². The Hall–Kier alpha value is -1.74. The average Bonchev–Trinajstić information content (AvgIpc) is 2.37. The summed E-state index contributed by atoms with van der Waals surface area (Å²) in [4.78, 5) is 16.3. The van der Waals surface area contributed by atoms with E-state index in [0.717, 1.165) is 22.8 Å². The van der Waals surface area contributed by atoms with Crippen LogP contribution in [-0.2, 0) is 0 Å². The van der Waals surface area contributed by atoms with E-state index in [1.54, 1.807) is 12.4 Å². The Morgan fingerprint density at radius 1 is 1.41 bits per heavy atom. The first kappa shape index (κ1) is 11.7. The summed E-state index contributed by atoms with van der Waals surface area (Å²) in [7, 11) is 0. The number of pyridine rings is 1. The number of fused-ring (bicyclic) bond motifs is 1. The molecule has 0 saturated carbocycles. The van der Waals surface area contributed by atoms with Gasteiger partial charge in [0.05, 0.1) is 0 Å². The van der Waals surface area contributed by atoms with Crippen LogP contribution in [0.1, 0.15) is 23.7 Å². The highest BCUT2D eigenvalue weighted by Crippen LogP contribution is 2.21. The smallest absolute Gasteiger partial charge is 0.166 e. The minimum absolute atomic E-state index is 0.0363. The van der Waals surface area contributed by atoms with E-state index in [0.29, 0.717) is 6.54 Å². The van der Waals surface area contributed by atoms with Crippen LogP contribution in [0.3, 0.4) is 0 Å². The maximum atomic E-state index is 12.3. The van der Waals surface area contributed by atoms with E-state index in [-0.39, 0.29) is 11.7 Å². The van der Waals surface area contributed by atoms with Gasteiger partial charge >= 0.3 is 0 Å². The molecule has 0 amide bonds. The second-order valence-corrected chi connectivity index (χ2v) is 4.25. The molecule has 1 atom stereocenters. The predicted octanol–water partition coefficient (Wildman–Crippen LogP) is 2.40. The molecule has 17 heavy (non-hydrogen) atoms. The number of carbonyl (C=O) groups excluding carboxylic acids is 1. The summed E-state index contributed by atoms with van der Waals surface area (Å²) >= 11 is 0. The fourth-order valence-corrected chi connectivity index (χ4v) is 1.97. The number of carbonyl (C=O) groups is 1. The van der Waals surface area contributed by atoms with E-state index >= 15 is 0 Å². The number of ketones is 1. The Morgan fingerprint density at radius 3 is 3.00 bits per heavy atom. The molecule has 1 aromatic carbocycles. The molecule has 2 N–H and O–H groups in total. The van der Waals surface area contributed by atoms with Gasteiger partial charge in [0, 0.05) is 29.3 Å². The average molecular weight is 228 g/mol. The molecule has 0 aliphatic carbocycles. The molecule has 2 aromatic rings. The summed E-state index contributed by atoms with van der Waals surface area (Å²) in [6.07, 6.45) is 4.20. The number of hydrogen-bond donors (Lipinski definition) is 1. The molecule has 3 heteroatoms.